The van der Waals surface area contributed by atoms with E-state index in [1.165, 1.54) is 0 Å². The molecule has 13 heavy (non-hydrogen) atoms. The average molecular weight is 188 g/mol. The number of aliphatic hydroxyl groups is 1. The largest absolute Gasteiger partial charge is 0.396 e. The van der Waals surface area contributed by atoms with Gasteiger partial charge in [-0.15, -0.1) is 0 Å². The van der Waals surface area contributed by atoms with Gasteiger partial charge in [-0.2, -0.15) is 0 Å². The minimum absolute atomic E-state index is 0.248. The number of rotatable bonds is 5. The molecule has 1 fully saturated rings. The number of piperazine rings is 1. The lowest BCUT2D eigenvalue weighted by molar-refractivity contribution is 0.0658. The van der Waals surface area contributed by atoms with E-state index < -0.39 is 0 Å². The van der Waals surface area contributed by atoms with Crippen LogP contribution in [0, 0.1) is 0 Å². The van der Waals surface area contributed by atoms with Crippen LogP contribution in [0.25, 0.3) is 0 Å². The molecular formula is C9H20N2O2. The molecule has 0 amide bonds. The van der Waals surface area contributed by atoms with Crippen LogP contribution in [0.3, 0.4) is 0 Å². The fraction of sp³-hybridized carbons (Fsp3) is 1.00. The molecule has 0 aliphatic carbocycles. The van der Waals surface area contributed by atoms with Crippen LogP contribution in [0.15, 0.2) is 0 Å². The first-order chi connectivity index (χ1) is 6.38. The Hall–Kier alpha value is -0.160. The van der Waals surface area contributed by atoms with E-state index in [1.54, 1.807) is 7.11 Å². The van der Waals surface area contributed by atoms with E-state index in [4.69, 9.17) is 9.84 Å². The molecule has 0 aromatic heterocycles. The summed E-state index contributed by atoms with van der Waals surface area (Å²) in [6, 6.07) is 0.386. The van der Waals surface area contributed by atoms with Crippen molar-refractivity contribution >= 4 is 0 Å². The number of hydrogen-bond acceptors (Lipinski definition) is 4. The van der Waals surface area contributed by atoms with Crippen LogP contribution in [0.5, 0.6) is 0 Å². The summed E-state index contributed by atoms with van der Waals surface area (Å²) in [7, 11) is 1.71. The highest BCUT2D eigenvalue weighted by atomic mass is 16.5. The second-order valence-electron chi connectivity index (χ2n) is 3.41. The summed E-state index contributed by atoms with van der Waals surface area (Å²) in [5.41, 5.74) is 0. The zero-order valence-electron chi connectivity index (χ0n) is 8.33. The minimum Gasteiger partial charge on any atom is -0.396 e. The van der Waals surface area contributed by atoms with Gasteiger partial charge >= 0.3 is 0 Å². The van der Waals surface area contributed by atoms with Gasteiger partial charge < -0.3 is 15.2 Å². The molecule has 2 N–H and O–H groups in total. The van der Waals surface area contributed by atoms with E-state index in [2.05, 4.69) is 10.2 Å². The topological polar surface area (TPSA) is 44.7 Å². The molecule has 1 aliphatic heterocycles. The molecular weight excluding hydrogens is 168 g/mol. The van der Waals surface area contributed by atoms with E-state index in [-0.39, 0.29) is 6.61 Å². The van der Waals surface area contributed by atoms with Gasteiger partial charge in [-0.25, -0.2) is 0 Å². The molecule has 1 unspecified atom stereocenters. The molecule has 1 heterocycles. The molecule has 0 aromatic rings. The maximum Gasteiger partial charge on any atom is 0.0618 e. The second-order valence-corrected chi connectivity index (χ2v) is 3.41. The number of nitrogens with zero attached hydrogens (tertiary/aromatic N) is 1. The molecule has 4 nitrogen and oxygen atoms in total. The van der Waals surface area contributed by atoms with Crippen LogP contribution in [-0.4, -0.2) is 62.6 Å². The molecule has 0 saturated carbocycles. The zero-order valence-corrected chi connectivity index (χ0v) is 8.33. The Morgan fingerprint density at radius 2 is 2.15 bits per heavy atom. The molecule has 1 atom stereocenters. The zero-order chi connectivity index (χ0) is 9.52. The van der Waals surface area contributed by atoms with E-state index in [0.29, 0.717) is 6.04 Å². The number of methoxy groups -OCH3 is 1. The Morgan fingerprint density at radius 1 is 1.46 bits per heavy atom. The summed E-state index contributed by atoms with van der Waals surface area (Å²) in [5, 5.41) is 12.2. The van der Waals surface area contributed by atoms with Crippen molar-refractivity contribution in [1.29, 1.82) is 0 Å². The Kier molecular flexibility index (Phi) is 5.31. The highest BCUT2D eigenvalue weighted by Gasteiger charge is 2.19. The Morgan fingerprint density at radius 3 is 2.69 bits per heavy atom. The lowest BCUT2D eigenvalue weighted by Crippen LogP contribution is -2.50. The van der Waals surface area contributed by atoms with Crippen molar-refractivity contribution < 1.29 is 9.84 Å². The Bertz CT molecular complexity index is 121. The van der Waals surface area contributed by atoms with Crippen LogP contribution in [0.2, 0.25) is 0 Å². The monoisotopic (exact) mass is 188 g/mol. The third-order valence-corrected chi connectivity index (χ3v) is 2.49. The number of nitrogens with one attached hydrogen (secondary N) is 1. The number of ether oxygens (including phenoxy) is 1. The van der Waals surface area contributed by atoms with Crippen molar-refractivity contribution in [1.82, 2.24) is 10.2 Å². The fourth-order valence-electron chi connectivity index (χ4n) is 1.76. The molecule has 1 aliphatic rings. The van der Waals surface area contributed by atoms with Gasteiger partial charge in [-0.3, -0.25) is 4.90 Å². The van der Waals surface area contributed by atoms with E-state index in [1.807, 2.05) is 0 Å². The van der Waals surface area contributed by atoms with Crippen molar-refractivity contribution in [2.45, 2.75) is 12.5 Å². The molecule has 0 aromatic carbocycles. The normalized spacial score (nSPS) is 21.7. The SMILES string of the molecule is COCC(CCO)N1CCNCC1. The quantitative estimate of drug-likeness (QED) is 0.598. The predicted octanol–water partition coefficient (Wildman–Crippen LogP) is -0.711. The molecule has 0 spiro atoms. The summed E-state index contributed by atoms with van der Waals surface area (Å²) in [5.74, 6) is 0. The van der Waals surface area contributed by atoms with Crippen LogP contribution in [-0.2, 0) is 4.74 Å². The highest BCUT2D eigenvalue weighted by Crippen LogP contribution is 2.05. The number of hydrogen-bond donors (Lipinski definition) is 2. The molecule has 4 heteroatoms. The van der Waals surface area contributed by atoms with Crippen molar-refractivity contribution in [2.75, 3.05) is 46.5 Å². The van der Waals surface area contributed by atoms with Gasteiger partial charge in [0.2, 0.25) is 0 Å². The van der Waals surface area contributed by atoms with Crippen LogP contribution < -0.4 is 5.32 Å². The lowest BCUT2D eigenvalue weighted by Gasteiger charge is -2.34. The van der Waals surface area contributed by atoms with Crippen LogP contribution in [0.1, 0.15) is 6.42 Å². The highest BCUT2D eigenvalue weighted by molar-refractivity contribution is 4.76. The van der Waals surface area contributed by atoms with Gasteiger partial charge in [0.15, 0.2) is 0 Å². The van der Waals surface area contributed by atoms with E-state index >= 15 is 0 Å². The maximum absolute atomic E-state index is 8.90. The Balaban J connectivity index is 2.32. The van der Waals surface area contributed by atoms with Gasteiger partial charge in [0.1, 0.15) is 0 Å². The molecule has 78 valence electrons. The van der Waals surface area contributed by atoms with Crippen LogP contribution >= 0.6 is 0 Å². The van der Waals surface area contributed by atoms with Gasteiger partial charge in [-0.1, -0.05) is 0 Å². The van der Waals surface area contributed by atoms with Crippen molar-refractivity contribution in [3.63, 3.8) is 0 Å². The maximum atomic E-state index is 8.90. The Labute approximate surface area is 79.9 Å². The third-order valence-electron chi connectivity index (χ3n) is 2.49. The van der Waals surface area contributed by atoms with Crippen LogP contribution in [0.4, 0.5) is 0 Å². The van der Waals surface area contributed by atoms with Crippen molar-refractivity contribution in [3.8, 4) is 0 Å². The van der Waals surface area contributed by atoms with Gasteiger partial charge in [0, 0.05) is 45.9 Å². The van der Waals surface area contributed by atoms with Crippen molar-refractivity contribution in [2.24, 2.45) is 0 Å². The smallest absolute Gasteiger partial charge is 0.0618 e. The first-order valence-corrected chi connectivity index (χ1v) is 4.93. The fourth-order valence-corrected chi connectivity index (χ4v) is 1.76. The molecule has 0 bridgehead atoms. The van der Waals surface area contributed by atoms with Crippen molar-refractivity contribution in [3.05, 3.63) is 0 Å². The second kappa shape index (κ2) is 6.32. The first kappa shape index (κ1) is 10.9. The summed E-state index contributed by atoms with van der Waals surface area (Å²) < 4.78 is 5.14. The van der Waals surface area contributed by atoms with Gasteiger partial charge in [0.25, 0.3) is 0 Å². The summed E-state index contributed by atoms with van der Waals surface area (Å²) >= 11 is 0. The lowest BCUT2D eigenvalue weighted by atomic mass is 10.1. The standard InChI is InChI=1S/C9H20N2O2/c1-13-8-9(2-7-12)11-5-3-10-4-6-11/h9-10,12H,2-8H2,1H3. The molecule has 0 radical (unpaired) electrons. The minimum atomic E-state index is 0.248. The van der Waals surface area contributed by atoms with Gasteiger partial charge in [0.05, 0.1) is 6.61 Å². The average Bonchev–Trinajstić information content (AvgIpc) is 2.19. The summed E-state index contributed by atoms with van der Waals surface area (Å²) in [6.45, 7) is 5.19. The molecule has 1 rings (SSSR count). The summed E-state index contributed by atoms with van der Waals surface area (Å²) in [4.78, 5) is 2.39. The predicted molar refractivity (Wildman–Crippen MR) is 51.8 cm³/mol. The third kappa shape index (κ3) is 3.60. The number of aliphatic hydroxyl groups excluding tert-OH is 1. The van der Waals surface area contributed by atoms with E-state index in [9.17, 15) is 0 Å². The molecule has 1 saturated heterocycles. The summed E-state index contributed by atoms with van der Waals surface area (Å²) in [6.07, 6.45) is 0.813. The van der Waals surface area contributed by atoms with E-state index in [0.717, 1.165) is 39.2 Å². The van der Waals surface area contributed by atoms with Gasteiger partial charge in [-0.05, 0) is 6.42 Å². The first-order valence-electron chi connectivity index (χ1n) is 4.93.